The summed E-state index contributed by atoms with van der Waals surface area (Å²) in [7, 11) is 0. The average Bonchev–Trinajstić information content (AvgIpc) is 3.27. The van der Waals surface area contributed by atoms with E-state index in [0.717, 1.165) is 29.1 Å². The minimum Gasteiger partial charge on any atom is -0.368 e. The van der Waals surface area contributed by atoms with Gasteiger partial charge in [0, 0.05) is 23.5 Å². The van der Waals surface area contributed by atoms with Crippen molar-refractivity contribution in [3.8, 4) is 11.1 Å². The highest BCUT2D eigenvalue weighted by Crippen LogP contribution is 2.36. The van der Waals surface area contributed by atoms with Crippen molar-refractivity contribution in [1.82, 2.24) is 14.9 Å². The Hall–Kier alpha value is -1.98. The van der Waals surface area contributed by atoms with Gasteiger partial charge in [0.2, 0.25) is 0 Å². The number of benzene rings is 1. The number of likely N-dealkylation sites (tertiary alicyclic amines) is 1. The predicted octanol–water partition coefficient (Wildman–Crippen LogP) is 4.25. The van der Waals surface area contributed by atoms with Gasteiger partial charge in [0.1, 0.15) is 17.0 Å². The van der Waals surface area contributed by atoms with Gasteiger partial charge < -0.3 is 5.32 Å². The van der Waals surface area contributed by atoms with Crippen LogP contribution >= 0.6 is 11.3 Å². The second-order valence-corrected chi connectivity index (χ2v) is 7.08. The first-order valence-corrected chi connectivity index (χ1v) is 9.50. The molecule has 124 valence electrons. The van der Waals surface area contributed by atoms with Crippen molar-refractivity contribution in [2.24, 2.45) is 0 Å². The van der Waals surface area contributed by atoms with E-state index >= 15 is 0 Å². The van der Waals surface area contributed by atoms with Crippen LogP contribution in [0.1, 0.15) is 19.8 Å². The van der Waals surface area contributed by atoms with Gasteiger partial charge in [-0.2, -0.15) is 0 Å². The lowest BCUT2D eigenvalue weighted by Gasteiger charge is -2.23. The van der Waals surface area contributed by atoms with E-state index in [1.54, 1.807) is 17.7 Å². The summed E-state index contributed by atoms with van der Waals surface area (Å²) in [6.07, 6.45) is 4.24. The van der Waals surface area contributed by atoms with Crippen molar-refractivity contribution in [1.29, 1.82) is 0 Å². The summed E-state index contributed by atoms with van der Waals surface area (Å²) in [6.45, 7) is 5.53. The number of anilines is 1. The quantitative estimate of drug-likeness (QED) is 0.755. The van der Waals surface area contributed by atoms with Gasteiger partial charge in [-0.15, -0.1) is 11.3 Å². The molecule has 0 amide bonds. The lowest BCUT2D eigenvalue weighted by atomic mass is 10.1. The Morgan fingerprint density at radius 3 is 2.96 bits per heavy atom. The molecule has 1 aromatic carbocycles. The summed E-state index contributed by atoms with van der Waals surface area (Å²) < 4.78 is 0. The van der Waals surface area contributed by atoms with Gasteiger partial charge in [0.05, 0.1) is 5.39 Å². The summed E-state index contributed by atoms with van der Waals surface area (Å²) in [4.78, 5) is 12.6. The summed E-state index contributed by atoms with van der Waals surface area (Å²) in [5.41, 5.74) is 2.44. The topological polar surface area (TPSA) is 41.0 Å². The Bertz CT molecular complexity index is 815. The third-order valence-electron chi connectivity index (χ3n) is 4.87. The second kappa shape index (κ2) is 6.87. The van der Waals surface area contributed by atoms with Gasteiger partial charge in [-0.25, -0.2) is 9.97 Å². The van der Waals surface area contributed by atoms with Crippen LogP contribution in [-0.4, -0.2) is 40.5 Å². The third kappa shape index (κ3) is 2.89. The highest BCUT2D eigenvalue weighted by molar-refractivity contribution is 7.17. The van der Waals surface area contributed by atoms with Crippen LogP contribution in [0.5, 0.6) is 0 Å². The van der Waals surface area contributed by atoms with Crippen molar-refractivity contribution >= 4 is 27.4 Å². The fraction of sp³-hybridized carbons (Fsp3) is 0.368. The van der Waals surface area contributed by atoms with Crippen LogP contribution in [0.15, 0.2) is 42.0 Å². The molecule has 3 heterocycles. The van der Waals surface area contributed by atoms with Gasteiger partial charge >= 0.3 is 0 Å². The van der Waals surface area contributed by atoms with Crippen molar-refractivity contribution in [3.05, 3.63) is 42.0 Å². The zero-order chi connectivity index (χ0) is 16.4. The molecule has 0 spiro atoms. The SMILES string of the molecule is CCN1CCCC1CNc1ncnc2scc(-c3ccccc3)c12. The highest BCUT2D eigenvalue weighted by Gasteiger charge is 2.23. The molecule has 0 saturated carbocycles. The van der Waals surface area contributed by atoms with Crippen LogP contribution in [0.25, 0.3) is 21.3 Å². The molecule has 4 nitrogen and oxygen atoms in total. The van der Waals surface area contributed by atoms with Crippen molar-refractivity contribution in [2.75, 3.05) is 25.0 Å². The minimum absolute atomic E-state index is 0.610. The molecule has 24 heavy (non-hydrogen) atoms. The normalized spacial score (nSPS) is 18.3. The molecule has 1 unspecified atom stereocenters. The number of aromatic nitrogens is 2. The van der Waals surface area contributed by atoms with Crippen molar-refractivity contribution in [3.63, 3.8) is 0 Å². The van der Waals surface area contributed by atoms with E-state index in [0.29, 0.717) is 6.04 Å². The maximum absolute atomic E-state index is 4.54. The standard InChI is InChI=1S/C19H22N4S/c1-2-23-10-6-9-15(23)11-20-18-17-16(14-7-4-3-5-8-14)12-24-19(17)22-13-21-18/h3-5,7-8,12-13,15H,2,6,9-11H2,1H3,(H,20,21,22). The number of hydrogen-bond donors (Lipinski definition) is 1. The van der Waals surface area contributed by atoms with Crippen molar-refractivity contribution in [2.45, 2.75) is 25.8 Å². The third-order valence-corrected chi connectivity index (χ3v) is 5.75. The maximum Gasteiger partial charge on any atom is 0.138 e. The monoisotopic (exact) mass is 338 g/mol. The average molecular weight is 338 g/mol. The highest BCUT2D eigenvalue weighted by atomic mass is 32.1. The summed E-state index contributed by atoms with van der Waals surface area (Å²) in [5, 5.41) is 6.94. The molecule has 0 bridgehead atoms. The van der Waals surface area contributed by atoms with Crippen LogP contribution in [0, 0.1) is 0 Å². The summed E-state index contributed by atoms with van der Waals surface area (Å²) >= 11 is 1.68. The molecule has 4 rings (SSSR count). The van der Waals surface area contributed by atoms with Crippen LogP contribution in [0.4, 0.5) is 5.82 Å². The maximum atomic E-state index is 4.54. The van der Waals surface area contributed by atoms with Gasteiger partial charge in [-0.3, -0.25) is 4.90 Å². The molecule has 1 aliphatic heterocycles. The zero-order valence-corrected chi connectivity index (χ0v) is 14.7. The van der Waals surface area contributed by atoms with Gasteiger partial charge in [0.15, 0.2) is 0 Å². The van der Waals surface area contributed by atoms with Gasteiger partial charge in [-0.1, -0.05) is 37.3 Å². The Balaban J connectivity index is 1.64. The number of fused-ring (bicyclic) bond motifs is 1. The molecule has 3 aromatic rings. The lowest BCUT2D eigenvalue weighted by Crippen LogP contribution is -2.34. The first-order valence-electron chi connectivity index (χ1n) is 8.62. The van der Waals surface area contributed by atoms with Crippen LogP contribution < -0.4 is 5.32 Å². The minimum atomic E-state index is 0.610. The Kier molecular flexibility index (Phi) is 4.45. The van der Waals surface area contributed by atoms with Crippen LogP contribution in [0.3, 0.4) is 0 Å². The molecule has 1 aliphatic rings. The fourth-order valence-electron chi connectivity index (χ4n) is 3.60. The number of hydrogen-bond acceptors (Lipinski definition) is 5. The van der Waals surface area contributed by atoms with E-state index < -0.39 is 0 Å². The number of nitrogens with one attached hydrogen (secondary N) is 1. The zero-order valence-electron chi connectivity index (χ0n) is 13.9. The number of nitrogens with zero attached hydrogens (tertiary/aromatic N) is 3. The Labute approximate surface area is 146 Å². The molecule has 1 atom stereocenters. The molecule has 1 N–H and O–H groups in total. The lowest BCUT2D eigenvalue weighted by molar-refractivity contribution is 0.277. The number of rotatable bonds is 5. The van der Waals surface area contributed by atoms with E-state index in [-0.39, 0.29) is 0 Å². The smallest absolute Gasteiger partial charge is 0.138 e. The van der Waals surface area contributed by atoms with E-state index in [4.69, 9.17) is 0 Å². The molecule has 1 saturated heterocycles. The molecule has 0 aliphatic carbocycles. The van der Waals surface area contributed by atoms with Crippen LogP contribution in [-0.2, 0) is 0 Å². The van der Waals surface area contributed by atoms with E-state index in [1.165, 1.54) is 30.5 Å². The van der Waals surface area contributed by atoms with Crippen molar-refractivity contribution < 1.29 is 0 Å². The largest absolute Gasteiger partial charge is 0.368 e. The molecule has 2 aromatic heterocycles. The first-order chi connectivity index (χ1) is 11.9. The molecular weight excluding hydrogens is 316 g/mol. The fourth-order valence-corrected chi connectivity index (χ4v) is 4.51. The second-order valence-electron chi connectivity index (χ2n) is 6.22. The van der Waals surface area contributed by atoms with Gasteiger partial charge in [0.25, 0.3) is 0 Å². The summed E-state index contributed by atoms with van der Waals surface area (Å²) in [6, 6.07) is 11.1. The number of likely N-dealkylation sites (N-methyl/N-ethyl adjacent to an activating group) is 1. The molecular formula is C19H22N4S. The first kappa shape index (κ1) is 15.5. The predicted molar refractivity (Wildman–Crippen MR) is 102 cm³/mol. The van der Waals surface area contributed by atoms with Crippen LogP contribution in [0.2, 0.25) is 0 Å². The molecule has 1 fully saturated rings. The van der Waals surface area contributed by atoms with E-state index in [2.05, 4.69) is 56.8 Å². The Morgan fingerprint density at radius 1 is 1.25 bits per heavy atom. The van der Waals surface area contributed by atoms with E-state index in [9.17, 15) is 0 Å². The van der Waals surface area contributed by atoms with E-state index in [1.807, 2.05) is 6.07 Å². The Morgan fingerprint density at radius 2 is 2.12 bits per heavy atom. The van der Waals surface area contributed by atoms with Gasteiger partial charge in [-0.05, 0) is 31.5 Å². The molecule has 5 heteroatoms. The number of thiophene rings is 1. The summed E-state index contributed by atoms with van der Waals surface area (Å²) in [5.74, 6) is 0.961. The molecule has 0 radical (unpaired) electrons.